The first-order valence-electron chi connectivity index (χ1n) is 21.7. The highest BCUT2D eigenvalue weighted by atomic mass is 16.3. The van der Waals surface area contributed by atoms with Crippen LogP contribution in [-0.2, 0) is 64.0 Å². The molecule has 12 N–H and O–H groups in total. The molecule has 0 bridgehead atoms. The molecule has 0 saturated carbocycles. The summed E-state index contributed by atoms with van der Waals surface area (Å²) in [4.78, 5) is 159. The number of carbonyl (C=O) groups is 12. The van der Waals surface area contributed by atoms with Crippen LogP contribution in [0.3, 0.4) is 0 Å². The molecule has 8 atom stereocenters. The Morgan fingerprint density at radius 2 is 1.48 bits per heavy atom. The first-order chi connectivity index (χ1) is 30.9. The zero-order valence-corrected chi connectivity index (χ0v) is 37.8. The van der Waals surface area contributed by atoms with Crippen molar-refractivity contribution in [1.29, 1.82) is 0 Å². The van der Waals surface area contributed by atoms with Gasteiger partial charge in [-0.05, 0) is 49.8 Å². The van der Waals surface area contributed by atoms with Crippen LogP contribution < -0.4 is 38.5 Å². The number of likely N-dealkylation sites (N-methyl/N-ethyl adjacent to an activating group) is 1. The van der Waals surface area contributed by atoms with E-state index in [2.05, 4.69) is 21.3 Å². The van der Waals surface area contributed by atoms with E-state index in [4.69, 9.17) is 17.2 Å². The standard InChI is InChI=1S/C44H64N8O14/c1-5-23(2)40-35(58)16-26(8-12-36(45)59)41(63)50-33(19-37(46)60)34(57)17-27(44(66)52(4)22-31(56)18-32(24(3)53)43(65)49-21-38(47)61)9-13-39(62)48-20-30(55)15-28(42(64)51-40)14-25-6-10-29(54)11-7-25/h6-7,10-11,23-24,26-28,32-33,40,53-54H,5,8-9,12-22H2,1-4H3,(H2,45,59)(H2,46,60)(H2,47,61)(H,48,62)(H,49,65)(H,50,63)(H,51,64)/t23-,24-,26+,27+,28+,32-,33-,40-/m0/s1. The molecule has 22 heteroatoms. The third-order valence-electron chi connectivity index (χ3n) is 11.4. The summed E-state index contributed by atoms with van der Waals surface area (Å²) in [6, 6.07) is 2.99. The molecule has 0 radical (unpaired) electrons. The molecule has 0 aliphatic carbocycles. The minimum Gasteiger partial charge on any atom is -0.508 e. The Kier molecular flexibility index (Phi) is 22.7. The number of nitrogens with zero attached hydrogens (tertiary/aromatic N) is 1. The second-order valence-corrected chi connectivity index (χ2v) is 16.9. The van der Waals surface area contributed by atoms with E-state index in [1.165, 1.54) is 26.1 Å². The molecule has 22 nitrogen and oxygen atoms in total. The summed E-state index contributed by atoms with van der Waals surface area (Å²) in [5.74, 6) is -15.4. The summed E-state index contributed by atoms with van der Waals surface area (Å²) >= 11 is 0. The van der Waals surface area contributed by atoms with Crippen LogP contribution in [-0.4, -0.2) is 130 Å². The Morgan fingerprint density at radius 3 is 2.06 bits per heavy atom. The van der Waals surface area contributed by atoms with E-state index in [0.29, 0.717) is 12.0 Å². The van der Waals surface area contributed by atoms with Gasteiger partial charge in [-0.25, -0.2) is 0 Å². The average Bonchev–Trinajstić information content (AvgIpc) is 3.24. The second kappa shape index (κ2) is 27.0. The molecule has 1 fully saturated rings. The highest BCUT2D eigenvalue weighted by Crippen LogP contribution is 2.23. The zero-order chi connectivity index (χ0) is 49.8. The average molecular weight is 929 g/mol. The van der Waals surface area contributed by atoms with Crippen molar-refractivity contribution in [3.05, 3.63) is 29.8 Å². The van der Waals surface area contributed by atoms with Crippen LogP contribution in [0.25, 0.3) is 0 Å². The molecule has 1 aromatic rings. The number of aliphatic hydroxyl groups is 1. The molecular weight excluding hydrogens is 865 g/mol. The molecule has 0 spiro atoms. The molecule has 1 aliphatic heterocycles. The summed E-state index contributed by atoms with van der Waals surface area (Å²) in [5.41, 5.74) is 16.5. The van der Waals surface area contributed by atoms with Gasteiger partial charge in [-0.3, -0.25) is 57.5 Å². The lowest BCUT2D eigenvalue weighted by Crippen LogP contribution is -2.50. The predicted octanol–water partition coefficient (Wildman–Crippen LogP) is -2.26. The van der Waals surface area contributed by atoms with Gasteiger partial charge in [0.15, 0.2) is 23.1 Å². The van der Waals surface area contributed by atoms with Gasteiger partial charge >= 0.3 is 0 Å². The topological polar surface area (TPSA) is 375 Å². The third kappa shape index (κ3) is 19.3. The number of hydrogen-bond donors (Lipinski definition) is 9. The number of primary amides is 3. The summed E-state index contributed by atoms with van der Waals surface area (Å²) < 4.78 is 0. The minimum atomic E-state index is -1.68. The molecule has 1 heterocycles. The van der Waals surface area contributed by atoms with Gasteiger partial charge in [0.2, 0.25) is 47.3 Å². The van der Waals surface area contributed by atoms with Gasteiger partial charge in [0, 0.05) is 63.3 Å². The Labute approximate surface area is 382 Å². The largest absolute Gasteiger partial charge is 0.508 e. The van der Waals surface area contributed by atoms with E-state index in [-0.39, 0.29) is 31.4 Å². The van der Waals surface area contributed by atoms with Gasteiger partial charge in [0.1, 0.15) is 5.75 Å². The van der Waals surface area contributed by atoms with Crippen LogP contribution in [0.4, 0.5) is 0 Å². The van der Waals surface area contributed by atoms with E-state index >= 15 is 0 Å². The van der Waals surface area contributed by atoms with E-state index in [0.717, 1.165) is 4.90 Å². The Balaban J connectivity index is 2.59. The van der Waals surface area contributed by atoms with Crippen molar-refractivity contribution < 1.29 is 67.7 Å². The van der Waals surface area contributed by atoms with Crippen molar-refractivity contribution in [2.75, 3.05) is 26.7 Å². The third-order valence-corrected chi connectivity index (χ3v) is 11.4. The van der Waals surface area contributed by atoms with Crippen LogP contribution in [0.5, 0.6) is 5.75 Å². The predicted molar refractivity (Wildman–Crippen MR) is 234 cm³/mol. The fourth-order valence-electron chi connectivity index (χ4n) is 7.36. The molecule has 8 amide bonds. The molecule has 364 valence electrons. The Bertz CT molecular complexity index is 1970. The van der Waals surface area contributed by atoms with Gasteiger partial charge in [-0.15, -0.1) is 0 Å². The van der Waals surface area contributed by atoms with Gasteiger partial charge in [0.25, 0.3) is 0 Å². The molecule has 0 unspecified atom stereocenters. The number of Topliss-reactive ketones (excluding diaryl/α,β-unsaturated/α-hetero) is 4. The first kappa shape index (κ1) is 55.6. The number of aromatic hydroxyl groups is 1. The number of nitrogens with one attached hydrogen (secondary N) is 4. The van der Waals surface area contributed by atoms with Crippen molar-refractivity contribution in [3.8, 4) is 5.75 Å². The Hall–Kier alpha value is -6.58. The normalized spacial score (nSPS) is 22.0. The first-order valence-corrected chi connectivity index (χ1v) is 21.7. The van der Waals surface area contributed by atoms with Crippen molar-refractivity contribution in [2.24, 2.45) is 46.8 Å². The van der Waals surface area contributed by atoms with Gasteiger partial charge in [-0.1, -0.05) is 32.4 Å². The van der Waals surface area contributed by atoms with Crippen molar-refractivity contribution in [1.82, 2.24) is 26.2 Å². The molecule has 1 aliphatic rings. The maximum Gasteiger partial charge on any atom is 0.236 e. The van der Waals surface area contributed by atoms with E-state index in [1.54, 1.807) is 26.0 Å². The molecular formula is C44H64N8O14. The number of hydrogen-bond acceptors (Lipinski definition) is 14. The van der Waals surface area contributed by atoms with E-state index < -0.39 is 176 Å². The quantitative estimate of drug-likeness (QED) is 0.0751. The van der Waals surface area contributed by atoms with Crippen molar-refractivity contribution in [2.45, 2.75) is 110 Å². The van der Waals surface area contributed by atoms with Gasteiger partial charge < -0.3 is 53.6 Å². The molecule has 66 heavy (non-hydrogen) atoms. The lowest BCUT2D eigenvalue weighted by molar-refractivity contribution is -0.141. The number of phenolic OH excluding ortho intramolecular Hbond substituents is 1. The fraction of sp³-hybridized carbons (Fsp3) is 0.591. The van der Waals surface area contributed by atoms with Crippen molar-refractivity contribution >= 4 is 70.4 Å². The lowest BCUT2D eigenvalue weighted by atomic mass is 9.86. The fourth-order valence-corrected chi connectivity index (χ4v) is 7.36. The van der Waals surface area contributed by atoms with Crippen LogP contribution in [0, 0.1) is 29.6 Å². The van der Waals surface area contributed by atoms with Crippen molar-refractivity contribution in [3.63, 3.8) is 0 Å². The monoisotopic (exact) mass is 928 g/mol. The number of benzene rings is 1. The number of amides is 8. The number of carbonyl (C=O) groups excluding carboxylic acids is 12. The van der Waals surface area contributed by atoms with Crippen LogP contribution >= 0.6 is 0 Å². The molecule has 0 aromatic heterocycles. The van der Waals surface area contributed by atoms with Crippen LogP contribution in [0.2, 0.25) is 0 Å². The summed E-state index contributed by atoms with van der Waals surface area (Å²) in [5, 5.41) is 29.8. The summed E-state index contributed by atoms with van der Waals surface area (Å²) in [7, 11) is 1.20. The molecule has 1 aromatic carbocycles. The summed E-state index contributed by atoms with van der Waals surface area (Å²) in [6.07, 6.45) is -5.56. The summed E-state index contributed by atoms with van der Waals surface area (Å²) in [6.45, 7) is 2.92. The maximum absolute atomic E-state index is 14.1. The maximum atomic E-state index is 14.1. The number of nitrogens with two attached hydrogens (primary N) is 3. The van der Waals surface area contributed by atoms with Crippen LogP contribution in [0.15, 0.2) is 24.3 Å². The highest BCUT2D eigenvalue weighted by molar-refractivity contribution is 5.99. The number of rotatable bonds is 18. The zero-order valence-electron chi connectivity index (χ0n) is 37.8. The van der Waals surface area contributed by atoms with Gasteiger partial charge in [-0.2, -0.15) is 0 Å². The van der Waals surface area contributed by atoms with E-state index in [9.17, 15) is 67.7 Å². The Morgan fingerprint density at radius 1 is 0.848 bits per heavy atom. The van der Waals surface area contributed by atoms with Gasteiger partial charge in [0.05, 0.1) is 50.2 Å². The SMILES string of the molecule is CC[C@H](C)[C@@H]1NC(=O)[C@H](Cc2ccc(O)cc2)CC(=O)CNC(=O)CC[C@@H](C(=O)N(C)CC(=O)C[C@H](C(=O)NCC(N)=O)[C@H](C)O)CC(=O)[C@H](CC(N)=O)NC(=O)[C@H](CCC(N)=O)CC1=O. The number of phenols is 1. The molecule has 2 rings (SSSR count). The highest BCUT2D eigenvalue weighted by Gasteiger charge is 2.37. The van der Waals surface area contributed by atoms with Crippen LogP contribution in [0.1, 0.15) is 90.5 Å². The second-order valence-electron chi connectivity index (χ2n) is 16.9. The smallest absolute Gasteiger partial charge is 0.236 e. The number of ketones is 4. The van der Waals surface area contributed by atoms with E-state index in [1.807, 2.05) is 0 Å². The minimum absolute atomic E-state index is 0.0197. The molecule has 1 saturated heterocycles. The lowest BCUT2D eigenvalue weighted by Gasteiger charge is -2.28. The number of aliphatic hydroxyl groups excluding tert-OH is 1.